The van der Waals surface area contributed by atoms with E-state index >= 15 is 0 Å². The van der Waals surface area contributed by atoms with Crippen LogP contribution in [0.5, 0.6) is 0 Å². The summed E-state index contributed by atoms with van der Waals surface area (Å²) in [7, 11) is 0. The van der Waals surface area contributed by atoms with Gasteiger partial charge in [-0.3, -0.25) is 19.3 Å². The van der Waals surface area contributed by atoms with E-state index in [-0.39, 0.29) is 0 Å². The minimum atomic E-state index is -1.59. The molecule has 0 bridgehead atoms. The normalized spacial score (nSPS) is 28.1. The Labute approximate surface area is 163 Å². The topological polar surface area (TPSA) is 116 Å². The van der Waals surface area contributed by atoms with E-state index in [1.54, 1.807) is 26.0 Å². The molecule has 3 rings (SSSR count). The number of carbonyl (C=O) groups is 4. The standard InChI is InChI=1S/C17H17ClN2O6S/c1-17(2)13(20-14(23)12(19-8-21)15(20)27(17)25)16(24)26-7-11(22)9-3-5-10(18)6-4-9/h3-6,8,12-13,15H,7H2,1-2H3,(H,19,21)/t12-,13+,15-,27?/m1/s1. The number of hydrogen-bond donors (Lipinski definition) is 1. The maximum atomic E-state index is 12.7. The van der Waals surface area contributed by atoms with Gasteiger partial charge in [0.15, 0.2) is 29.2 Å². The van der Waals surface area contributed by atoms with Gasteiger partial charge in [-0.15, -0.1) is 0 Å². The van der Waals surface area contributed by atoms with Crippen molar-refractivity contribution in [1.82, 2.24) is 10.2 Å². The molecular weight excluding hydrogens is 396 g/mol. The predicted molar refractivity (Wildman–Crippen MR) is 96.4 cm³/mol. The number of benzene rings is 1. The van der Waals surface area contributed by atoms with Gasteiger partial charge in [-0.25, -0.2) is 4.79 Å². The van der Waals surface area contributed by atoms with E-state index in [4.69, 9.17) is 16.3 Å². The van der Waals surface area contributed by atoms with Crippen molar-refractivity contribution in [3.8, 4) is 0 Å². The number of Topliss-reactive ketones (excluding diaryl/α,β-unsaturated/α-hetero) is 1. The van der Waals surface area contributed by atoms with Crippen LogP contribution in [-0.2, 0) is 30.3 Å². The Kier molecular flexibility index (Phi) is 5.20. The Hall–Kier alpha value is -2.10. The number of rotatable bonds is 6. The first-order chi connectivity index (χ1) is 12.7. The van der Waals surface area contributed by atoms with Gasteiger partial charge in [0.25, 0.3) is 5.91 Å². The number of hydrogen-bond acceptors (Lipinski definition) is 6. The summed E-state index contributed by atoms with van der Waals surface area (Å²) in [5.41, 5.74) is 0.328. The molecule has 8 nitrogen and oxygen atoms in total. The molecule has 2 heterocycles. The summed E-state index contributed by atoms with van der Waals surface area (Å²) in [6.07, 6.45) is 0.362. The molecule has 1 N–H and O–H groups in total. The van der Waals surface area contributed by atoms with E-state index in [0.717, 1.165) is 0 Å². The van der Waals surface area contributed by atoms with Gasteiger partial charge in [0, 0.05) is 10.6 Å². The van der Waals surface area contributed by atoms with E-state index in [0.29, 0.717) is 17.0 Å². The molecular formula is C17H17ClN2O6S. The first kappa shape index (κ1) is 19.7. The van der Waals surface area contributed by atoms with Gasteiger partial charge in [0.05, 0.1) is 0 Å². The number of amides is 2. The van der Waals surface area contributed by atoms with Crippen LogP contribution >= 0.6 is 11.6 Å². The van der Waals surface area contributed by atoms with Gasteiger partial charge in [0.2, 0.25) is 11.8 Å². The predicted octanol–water partition coefficient (Wildman–Crippen LogP) is 0.258. The minimum absolute atomic E-state index is 0.328. The van der Waals surface area contributed by atoms with Crippen LogP contribution in [0.4, 0.5) is 0 Å². The van der Waals surface area contributed by atoms with Crippen molar-refractivity contribution in [2.45, 2.75) is 36.1 Å². The number of ketones is 1. The van der Waals surface area contributed by atoms with Gasteiger partial charge in [-0.1, -0.05) is 11.6 Å². The second-order valence-corrected chi connectivity index (χ2v) is 9.31. The van der Waals surface area contributed by atoms with Crippen molar-refractivity contribution in [1.29, 1.82) is 0 Å². The van der Waals surface area contributed by atoms with Crippen LogP contribution in [-0.4, -0.2) is 62.3 Å². The number of carbonyl (C=O) groups excluding carboxylic acids is 4. The maximum Gasteiger partial charge on any atom is 0.335 e. The summed E-state index contributed by atoms with van der Waals surface area (Å²) in [5, 5.41) is 2.01. The van der Waals surface area contributed by atoms with Gasteiger partial charge in [0.1, 0.15) is 0 Å². The summed E-state index contributed by atoms with van der Waals surface area (Å²) >= 11 is 4.18. The van der Waals surface area contributed by atoms with E-state index < -0.39 is 57.6 Å². The molecule has 2 amide bonds. The van der Waals surface area contributed by atoms with Crippen molar-refractivity contribution in [2.24, 2.45) is 0 Å². The molecule has 0 spiro atoms. The highest BCUT2D eigenvalue weighted by Crippen LogP contribution is 2.46. The van der Waals surface area contributed by atoms with Crippen LogP contribution in [0.25, 0.3) is 0 Å². The van der Waals surface area contributed by atoms with Crippen molar-refractivity contribution < 1.29 is 28.5 Å². The smallest absolute Gasteiger partial charge is 0.335 e. The monoisotopic (exact) mass is 412 g/mol. The van der Waals surface area contributed by atoms with Gasteiger partial charge >= 0.3 is 5.97 Å². The Morgan fingerprint density at radius 1 is 1.37 bits per heavy atom. The number of nitrogens with zero attached hydrogens (tertiary/aromatic N) is 1. The Morgan fingerprint density at radius 3 is 2.59 bits per heavy atom. The molecule has 2 fully saturated rings. The summed E-state index contributed by atoms with van der Waals surface area (Å²) in [6, 6.07) is 4.09. The third-order valence-electron chi connectivity index (χ3n) is 4.74. The lowest BCUT2D eigenvalue weighted by atomic mass is 9.96. The Morgan fingerprint density at radius 2 is 2.00 bits per heavy atom. The zero-order chi connectivity index (χ0) is 19.9. The quantitative estimate of drug-likeness (QED) is 0.235. The fraction of sp³-hybridized carbons (Fsp3) is 0.412. The molecule has 1 unspecified atom stereocenters. The molecule has 4 atom stereocenters. The lowest BCUT2D eigenvalue weighted by Gasteiger charge is -2.40. The number of esters is 1. The molecule has 10 heteroatoms. The van der Waals surface area contributed by atoms with Gasteiger partial charge in [-0.2, -0.15) is 0 Å². The molecule has 0 saturated carbocycles. The third-order valence-corrected chi connectivity index (χ3v) is 7.19. The largest absolute Gasteiger partial charge is 0.614 e. The van der Waals surface area contributed by atoms with Crippen molar-refractivity contribution in [2.75, 3.05) is 6.61 Å². The van der Waals surface area contributed by atoms with E-state index in [9.17, 15) is 23.7 Å². The minimum Gasteiger partial charge on any atom is -0.614 e. The number of nitrogens with one attached hydrogen (secondary N) is 1. The zero-order valence-electron chi connectivity index (χ0n) is 14.5. The molecule has 2 saturated heterocycles. The molecule has 144 valence electrons. The molecule has 1 aromatic carbocycles. The average Bonchev–Trinajstić information content (AvgIpc) is 2.82. The fourth-order valence-corrected chi connectivity index (χ4v) is 5.35. The van der Waals surface area contributed by atoms with E-state index in [2.05, 4.69) is 5.32 Å². The molecule has 0 aromatic heterocycles. The second kappa shape index (κ2) is 7.14. The summed E-state index contributed by atoms with van der Waals surface area (Å²) in [6.45, 7) is 2.65. The molecule has 2 aliphatic heterocycles. The van der Waals surface area contributed by atoms with Gasteiger partial charge in [-0.05, 0) is 49.3 Å². The van der Waals surface area contributed by atoms with Crippen molar-refractivity contribution in [3.05, 3.63) is 34.9 Å². The van der Waals surface area contributed by atoms with Crippen LogP contribution in [0.15, 0.2) is 24.3 Å². The number of ether oxygens (including phenoxy) is 1. The first-order valence-corrected chi connectivity index (χ1v) is 9.67. The summed E-state index contributed by atoms with van der Waals surface area (Å²) < 4.78 is 16.7. The average molecular weight is 413 g/mol. The highest BCUT2D eigenvalue weighted by atomic mass is 35.5. The molecule has 0 aliphatic carbocycles. The molecule has 0 radical (unpaired) electrons. The van der Waals surface area contributed by atoms with Crippen LogP contribution in [0.1, 0.15) is 24.2 Å². The number of fused-ring (bicyclic) bond motifs is 1. The lowest BCUT2D eigenvalue weighted by molar-refractivity contribution is -0.163. The fourth-order valence-electron chi connectivity index (χ4n) is 3.30. The molecule has 1 aromatic rings. The van der Waals surface area contributed by atoms with Crippen molar-refractivity contribution in [3.63, 3.8) is 0 Å². The third kappa shape index (κ3) is 3.19. The Bertz CT molecular complexity index is 799. The zero-order valence-corrected chi connectivity index (χ0v) is 16.1. The van der Waals surface area contributed by atoms with Crippen LogP contribution in [0.3, 0.4) is 0 Å². The van der Waals surface area contributed by atoms with Crippen LogP contribution < -0.4 is 5.32 Å². The summed E-state index contributed by atoms with van der Waals surface area (Å²) in [5.74, 6) is -1.74. The first-order valence-electron chi connectivity index (χ1n) is 8.08. The molecule has 2 aliphatic rings. The highest BCUT2D eigenvalue weighted by Gasteiger charge is 2.72. The SMILES string of the molecule is CC1(C)[C@H](C(=O)OCC(=O)c2ccc(Cl)cc2)N2C(=O)[C@@H](NC=O)[C@H]2[S+]1[O-]. The number of halogens is 1. The maximum absolute atomic E-state index is 12.7. The highest BCUT2D eigenvalue weighted by molar-refractivity contribution is 7.94. The van der Waals surface area contributed by atoms with E-state index in [1.807, 2.05) is 0 Å². The van der Waals surface area contributed by atoms with Crippen molar-refractivity contribution >= 4 is 46.8 Å². The van der Waals surface area contributed by atoms with Gasteiger partial charge < -0.3 is 14.6 Å². The molecule has 27 heavy (non-hydrogen) atoms. The Balaban J connectivity index is 1.70. The van der Waals surface area contributed by atoms with Crippen LogP contribution in [0, 0.1) is 0 Å². The lowest BCUT2D eigenvalue weighted by Crippen LogP contribution is -2.71. The van der Waals surface area contributed by atoms with Crippen LogP contribution in [0.2, 0.25) is 5.02 Å². The van der Waals surface area contributed by atoms with E-state index in [1.165, 1.54) is 17.0 Å². The second-order valence-electron chi connectivity index (χ2n) is 6.74. The summed E-state index contributed by atoms with van der Waals surface area (Å²) in [4.78, 5) is 48.8. The number of β-lactam (4-membered cyclic amide) rings is 1.